The summed E-state index contributed by atoms with van der Waals surface area (Å²) in [7, 11) is 10.4. The molecule has 0 aliphatic heterocycles. The first-order valence-corrected chi connectivity index (χ1v) is 19.7. The highest BCUT2D eigenvalue weighted by Crippen LogP contribution is 2.48. The molecule has 2 rings (SSSR count). The highest BCUT2D eigenvalue weighted by Gasteiger charge is 2.37. The molecule has 37 heavy (non-hydrogen) atoms. The van der Waals surface area contributed by atoms with Crippen molar-refractivity contribution in [3.05, 3.63) is 58.7 Å². The summed E-state index contributed by atoms with van der Waals surface area (Å²) in [5, 5.41) is 0. The van der Waals surface area contributed by atoms with Crippen molar-refractivity contribution in [3.8, 4) is 0 Å². The molecule has 0 N–H and O–H groups in total. The molecule has 208 valence electrons. The lowest BCUT2D eigenvalue weighted by Crippen LogP contribution is -2.42. The van der Waals surface area contributed by atoms with Gasteiger partial charge >= 0.3 is 17.6 Å². The average Bonchev–Trinajstić information content (AvgIpc) is 2.92. The van der Waals surface area contributed by atoms with E-state index >= 15 is 0 Å². The van der Waals surface area contributed by atoms with Crippen molar-refractivity contribution in [1.29, 1.82) is 0 Å². The van der Waals surface area contributed by atoms with Crippen molar-refractivity contribution in [2.45, 2.75) is 61.4 Å². The second-order valence-corrected chi connectivity index (χ2v) is 18.8. The van der Waals surface area contributed by atoms with Gasteiger partial charge in [-0.2, -0.15) is 0 Å². The minimum Gasteiger partial charge on any atom is -0.377 e. The van der Waals surface area contributed by atoms with E-state index in [-0.39, 0.29) is 0 Å². The molecule has 0 aliphatic rings. The lowest BCUT2D eigenvalue weighted by atomic mass is 10.1. The third kappa shape index (κ3) is 9.38. The Balaban J connectivity index is 2.04. The standard InChI is InChI=1S/C26H42O6S3Si2/c1-21-13-9-15-23(17-11-19-36(27-3,28-4)29-5)25(21)33-35-34-26-22(2)14-10-16-24(26)18-12-20-37(30-6,31-7)32-8/h9-10,13-16H,11-12,17-20H2,1-8H3. The van der Waals surface area contributed by atoms with Crippen LogP contribution in [0.15, 0.2) is 46.2 Å². The maximum atomic E-state index is 5.59. The van der Waals surface area contributed by atoms with Gasteiger partial charge in [0.05, 0.1) is 0 Å². The van der Waals surface area contributed by atoms with Gasteiger partial charge in [0.15, 0.2) is 0 Å². The molecule has 2 aromatic carbocycles. The second kappa shape index (κ2) is 16.7. The molecule has 6 nitrogen and oxygen atoms in total. The van der Waals surface area contributed by atoms with Crippen LogP contribution in [0.25, 0.3) is 0 Å². The van der Waals surface area contributed by atoms with E-state index in [0.29, 0.717) is 0 Å². The van der Waals surface area contributed by atoms with Gasteiger partial charge in [-0.25, -0.2) is 0 Å². The normalized spacial score (nSPS) is 12.3. The zero-order chi connectivity index (χ0) is 27.3. The van der Waals surface area contributed by atoms with Crippen molar-refractivity contribution in [2.24, 2.45) is 0 Å². The highest BCUT2D eigenvalue weighted by atomic mass is 33.5. The molecule has 2 aromatic rings. The number of rotatable bonds is 18. The van der Waals surface area contributed by atoms with Crippen LogP contribution < -0.4 is 0 Å². The van der Waals surface area contributed by atoms with Gasteiger partial charge in [-0.1, -0.05) is 36.4 Å². The topological polar surface area (TPSA) is 55.4 Å². The highest BCUT2D eigenvalue weighted by molar-refractivity contribution is 9.09. The number of benzene rings is 2. The molecule has 0 spiro atoms. The summed E-state index contributed by atoms with van der Waals surface area (Å²) in [6, 6.07) is 14.7. The molecule has 0 atom stereocenters. The smallest absolute Gasteiger partial charge is 0.377 e. The number of aryl methyl sites for hydroxylation is 4. The third-order valence-electron chi connectivity index (χ3n) is 6.55. The van der Waals surface area contributed by atoms with E-state index in [0.717, 1.165) is 37.8 Å². The molecule has 0 unspecified atom stereocenters. The van der Waals surface area contributed by atoms with Crippen LogP contribution in [0.1, 0.15) is 35.1 Å². The minimum atomic E-state index is -2.55. The van der Waals surface area contributed by atoms with E-state index in [9.17, 15) is 0 Å². The number of hydrogen-bond donors (Lipinski definition) is 0. The molecule has 0 amide bonds. The van der Waals surface area contributed by atoms with Gasteiger partial charge in [-0.05, 0) is 93.2 Å². The summed E-state index contributed by atoms with van der Waals surface area (Å²) in [4.78, 5) is 2.68. The lowest BCUT2D eigenvalue weighted by molar-refractivity contribution is 0.122. The van der Waals surface area contributed by atoms with Crippen LogP contribution in [0.3, 0.4) is 0 Å². The van der Waals surface area contributed by atoms with Crippen LogP contribution in [-0.4, -0.2) is 60.3 Å². The van der Waals surface area contributed by atoms with Crippen LogP contribution in [-0.2, 0) is 39.4 Å². The van der Waals surface area contributed by atoms with Crippen LogP contribution in [0, 0.1) is 13.8 Å². The van der Waals surface area contributed by atoms with E-state index < -0.39 is 17.6 Å². The van der Waals surface area contributed by atoms with Gasteiger partial charge in [0.2, 0.25) is 0 Å². The zero-order valence-electron chi connectivity index (χ0n) is 23.4. The molecular weight excluding hydrogens is 561 g/mol. The van der Waals surface area contributed by atoms with E-state index in [2.05, 4.69) is 50.2 Å². The molecule has 0 fully saturated rings. The van der Waals surface area contributed by atoms with Gasteiger partial charge in [0, 0.05) is 64.5 Å². The fourth-order valence-corrected chi connectivity index (χ4v) is 12.3. The summed E-state index contributed by atoms with van der Waals surface area (Å²) in [5.41, 5.74) is 5.31. The Hall–Kier alpha value is -0.316. The largest absolute Gasteiger partial charge is 0.500 e. The molecule has 0 heterocycles. The Morgan fingerprint density at radius 2 is 0.919 bits per heavy atom. The molecular formula is C26H42O6S3Si2. The molecule has 0 saturated heterocycles. The summed E-state index contributed by atoms with van der Waals surface area (Å²) in [6.45, 7) is 4.37. The van der Waals surface area contributed by atoms with Gasteiger partial charge in [-0.15, -0.1) is 0 Å². The van der Waals surface area contributed by atoms with Crippen LogP contribution in [0.4, 0.5) is 0 Å². The fraction of sp³-hybridized carbons (Fsp3) is 0.538. The summed E-state index contributed by atoms with van der Waals surface area (Å²) in [5.74, 6) is 0. The first kappa shape index (κ1) is 32.9. The Labute approximate surface area is 237 Å². The van der Waals surface area contributed by atoms with E-state index in [1.807, 2.05) is 31.4 Å². The Morgan fingerprint density at radius 3 is 1.24 bits per heavy atom. The van der Waals surface area contributed by atoms with Gasteiger partial charge in [-0.3, -0.25) is 0 Å². The summed E-state index contributed by atoms with van der Waals surface area (Å²) in [6.07, 6.45) is 3.82. The maximum absolute atomic E-state index is 5.59. The van der Waals surface area contributed by atoms with Crippen molar-refractivity contribution >= 4 is 49.0 Å². The first-order valence-electron chi connectivity index (χ1n) is 12.3. The van der Waals surface area contributed by atoms with Crippen molar-refractivity contribution < 1.29 is 26.6 Å². The summed E-state index contributed by atoms with van der Waals surface area (Å²) >= 11 is 0. The quantitative estimate of drug-likeness (QED) is 0.129. The molecule has 0 radical (unpaired) electrons. The molecule has 0 aromatic heterocycles. The van der Waals surface area contributed by atoms with Crippen molar-refractivity contribution in [1.82, 2.24) is 0 Å². The Kier molecular flexibility index (Phi) is 14.9. The SMILES string of the molecule is CO[Si](CCCc1cccc(C)c1SSSc1c(C)cccc1CCC[Si](OC)(OC)OC)(OC)OC. The Morgan fingerprint density at radius 1 is 0.568 bits per heavy atom. The average molecular weight is 603 g/mol. The van der Waals surface area contributed by atoms with E-state index in [1.54, 1.807) is 42.7 Å². The molecule has 0 bridgehead atoms. The van der Waals surface area contributed by atoms with Crippen LogP contribution >= 0.6 is 31.4 Å². The maximum Gasteiger partial charge on any atom is 0.500 e. The van der Waals surface area contributed by atoms with Gasteiger partial charge in [0.25, 0.3) is 0 Å². The fourth-order valence-electron chi connectivity index (χ4n) is 4.25. The van der Waals surface area contributed by atoms with E-state index in [4.69, 9.17) is 26.6 Å². The van der Waals surface area contributed by atoms with Crippen LogP contribution in [0.5, 0.6) is 0 Å². The monoisotopic (exact) mass is 602 g/mol. The number of hydrogen-bond acceptors (Lipinski definition) is 9. The van der Waals surface area contributed by atoms with E-state index in [1.165, 1.54) is 32.0 Å². The molecule has 0 aliphatic carbocycles. The third-order valence-corrected chi connectivity index (χ3v) is 16.5. The Bertz CT molecular complexity index is 866. The van der Waals surface area contributed by atoms with Gasteiger partial charge < -0.3 is 26.6 Å². The summed E-state index contributed by atoms with van der Waals surface area (Å²) < 4.78 is 33.6. The van der Waals surface area contributed by atoms with Crippen molar-refractivity contribution in [3.63, 3.8) is 0 Å². The predicted molar refractivity (Wildman–Crippen MR) is 161 cm³/mol. The van der Waals surface area contributed by atoms with Crippen molar-refractivity contribution in [2.75, 3.05) is 42.7 Å². The molecule has 11 heteroatoms. The van der Waals surface area contributed by atoms with Crippen LogP contribution in [0.2, 0.25) is 12.1 Å². The zero-order valence-corrected chi connectivity index (χ0v) is 27.8. The minimum absolute atomic E-state index is 0.794. The second-order valence-electron chi connectivity index (χ2n) is 8.66. The lowest BCUT2D eigenvalue weighted by Gasteiger charge is -2.24. The predicted octanol–water partition coefficient (Wildman–Crippen LogP) is 7.37. The first-order chi connectivity index (χ1) is 17.8. The molecule has 0 saturated carbocycles. The van der Waals surface area contributed by atoms with Gasteiger partial charge in [0.1, 0.15) is 0 Å².